The van der Waals surface area contributed by atoms with Crippen LogP contribution < -0.4 is 5.32 Å². The monoisotopic (exact) mass is 351 g/mol. The number of benzene rings is 2. The molecule has 24 heavy (non-hydrogen) atoms. The van der Waals surface area contributed by atoms with Crippen LogP contribution in [0.3, 0.4) is 0 Å². The number of aliphatic carboxylic acids is 1. The summed E-state index contributed by atoms with van der Waals surface area (Å²) >= 11 is 5.61. The Morgan fingerprint density at radius 1 is 1.21 bits per heavy atom. The number of carbonyl (C=O) groups excluding carboxylic acids is 1. The van der Waals surface area contributed by atoms with Crippen molar-refractivity contribution in [3.63, 3.8) is 0 Å². The number of carboxylic acid groups (broad SMARTS) is 1. The smallest absolute Gasteiger partial charge is 0.407 e. The lowest BCUT2D eigenvalue weighted by molar-refractivity contribution is -0.137. The molecule has 7 heteroatoms. The fourth-order valence-corrected chi connectivity index (χ4v) is 2.18. The fourth-order valence-electron chi connectivity index (χ4n) is 2.06. The first-order valence-corrected chi connectivity index (χ1v) is 7.47. The minimum Gasteiger partial charge on any atom is -0.481 e. The summed E-state index contributed by atoms with van der Waals surface area (Å²) in [5, 5.41) is 11.3. The molecule has 0 fully saturated rings. The van der Waals surface area contributed by atoms with Gasteiger partial charge in [0.05, 0.1) is 17.5 Å². The summed E-state index contributed by atoms with van der Waals surface area (Å²) in [6.45, 7) is 0.0431. The average Bonchev–Trinajstić information content (AvgIpc) is 2.55. The van der Waals surface area contributed by atoms with E-state index in [1.165, 1.54) is 12.1 Å². The van der Waals surface area contributed by atoms with Gasteiger partial charge in [-0.25, -0.2) is 9.18 Å². The Kier molecular flexibility index (Phi) is 6.14. The zero-order valence-electron chi connectivity index (χ0n) is 12.5. The van der Waals surface area contributed by atoms with E-state index in [-0.39, 0.29) is 17.2 Å². The minimum atomic E-state index is -1.14. The molecule has 1 amide bonds. The van der Waals surface area contributed by atoms with Gasteiger partial charge in [-0.1, -0.05) is 48.0 Å². The number of halogens is 2. The van der Waals surface area contributed by atoms with Gasteiger partial charge >= 0.3 is 12.1 Å². The minimum absolute atomic E-state index is 0.0431. The summed E-state index contributed by atoms with van der Waals surface area (Å²) < 4.78 is 18.6. The van der Waals surface area contributed by atoms with E-state index in [1.807, 2.05) is 6.07 Å². The standard InChI is InChI=1S/C17H15ClFNO4/c18-13-7-6-12(8-14(13)19)15(9-16(21)22)20-17(23)24-10-11-4-2-1-3-5-11/h1-8,15H,9-10H2,(H,20,23)(H,21,22)/t15-/m0/s1. The number of rotatable bonds is 6. The summed E-state index contributed by atoms with van der Waals surface area (Å²) in [7, 11) is 0. The molecular formula is C17H15ClFNO4. The van der Waals surface area contributed by atoms with E-state index in [1.54, 1.807) is 24.3 Å². The van der Waals surface area contributed by atoms with Crippen molar-refractivity contribution in [3.05, 3.63) is 70.5 Å². The molecule has 2 aromatic carbocycles. The molecule has 1 atom stereocenters. The Bertz CT molecular complexity index is 724. The largest absolute Gasteiger partial charge is 0.481 e. The Balaban J connectivity index is 2.03. The second kappa shape index (κ2) is 8.31. The van der Waals surface area contributed by atoms with E-state index in [9.17, 15) is 14.0 Å². The van der Waals surface area contributed by atoms with Crippen LogP contribution in [0, 0.1) is 5.82 Å². The van der Waals surface area contributed by atoms with Crippen LogP contribution in [0.1, 0.15) is 23.6 Å². The molecule has 0 saturated heterocycles. The molecule has 2 rings (SSSR count). The molecule has 0 aromatic heterocycles. The highest BCUT2D eigenvalue weighted by Crippen LogP contribution is 2.22. The van der Waals surface area contributed by atoms with Crippen LogP contribution in [-0.2, 0) is 16.1 Å². The molecule has 2 aromatic rings. The van der Waals surface area contributed by atoms with E-state index in [0.717, 1.165) is 11.6 Å². The number of ether oxygens (including phenoxy) is 1. The van der Waals surface area contributed by atoms with E-state index in [0.29, 0.717) is 0 Å². The van der Waals surface area contributed by atoms with Gasteiger partial charge in [0.15, 0.2) is 0 Å². The third-order valence-corrected chi connectivity index (χ3v) is 3.54. The van der Waals surface area contributed by atoms with E-state index in [4.69, 9.17) is 21.4 Å². The van der Waals surface area contributed by atoms with Crippen LogP contribution in [0.5, 0.6) is 0 Å². The van der Waals surface area contributed by atoms with Crippen molar-refractivity contribution in [1.82, 2.24) is 5.32 Å². The van der Waals surface area contributed by atoms with Gasteiger partial charge in [0.1, 0.15) is 12.4 Å². The number of amides is 1. The normalized spacial score (nSPS) is 11.6. The molecule has 0 radical (unpaired) electrons. The summed E-state index contributed by atoms with van der Waals surface area (Å²) in [5.41, 5.74) is 1.08. The number of hydrogen-bond acceptors (Lipinski definition) is 3. The molecule has 5 nitrogen and oxygen atoms in total. The van der Waals surface area contributed by atoms with Crippen LogP contribution in [0.2, 0.25) is 5.02 Å². The van der Waals surface area contributed by atoms with Crippen LogP contribution in [0.25, 0.3) is 0 Å². The first kappa shape index (κ1) is 17.7. The van der Waals surface area contributed by atoms with Crippen molar-refractivity contribution in [2.75, 3.05) is 0 Å². The molecule has 126 valence electrons. The van der Waals surface area contributed by atoms with Crippen molar-refractivity contribution in [3.8, 4) is 0 Å². The zero-order chi connectivity index (χ0) is 17.5. The van der Waals surface area contributed by atoms with Crippen molar-refractivity contribution >= 4 is 23.7 Å². The maximum atomic E-state index is 13.6. The van der Waals surface area contributed by atoms with Gasteiger partial charge in [-0.15, -0.1) is 0 Å². The predicted octanol–water partition coefficient (Wildman–Crippen LogP) is 3.92. The summed E-state index contributed by atoms with van der Waals surface area (Å²) in [4.78, 5) is 22.9. The van der Waals surface area contributed by atoms with Crippen LogP contribution in [0.4, 0.5) is 9.18 Å². The molecule has 0 spiro atoms. The second-order valence-corrected chi connectivity index (χ2v) is 5.44. The van der Waals surface area contributed by atoms with Crippen molar-refractivity contribution in [1.29, 1.82) is 0 Å². The van der Waals surface area contributed by atoms with Gasteiger partial charge in [-0.05, 0) is 23.3 Å². The number of nitrogens with one attached hydrogen (secondary N) is 1. The van der Waals surface area contributed by atoms with Crippen LogP contribution in [-0.4, -0.2) is 17.2 Å². The highest BCUT2D eigenvalue weighted by molar-refractivity contribution is 6.30. The molecule has 0 heterocycles. The van der Waals surface area contributed by atoms with E-state index < -0.39 is 30.3 Å². The lowest BCUT2D eigenvalue weighted by Gasteiger charge is -2.17. The van der Waals surface area contributed by atoms with Crippen molar-refractivity contribution in [2.24, 2.45) is 0 Å². The van der Waals surface area contributed by atoms with Crippen molar-refractivity contribution in [2.45, 2.75) is 19.1 Å². The SMILES string of the molecule is O=C(O)C[C@H](NC(=O)OCc1ccccc1)c1ccc(Cl)c(F)c1. The molecule has 0 saturated carbocycles. The highest BCUT2D eigenvalue weighted by atomic mass is 35.5. The summed E-state index contributed by atoms with van der Waals surface area (Å²) in [6.07, 6.45) is -1.21. The molecule has 0 bridgehead atoms. The van der Waals surface area contributed by atoms with Gasteiger partial charge in [0, 0.05) is 0 Å². The average molecular weight is 352 g/mol. The van der Waals surface area contributed by atoms with Crippen LogP contribution in [0.15, 0.2) is 48.5 Å². The lowest BCUT2D eigenvalue weighted by atomic mass is 10.0. The molecule has 2 N–H and O–H groups in total. The molecule has 0 aliphatic carbocycles. The Morgan fingerprint density at radius 2 is 1.92 bits per heavy atom. The van der Waals surface area contributed by atoms with E-state index in [2.05, 4.69) is 5.32 Å². The number of carbonyl (C=O) groups is 2. The summed E-state index contributed by atoms with van der Waals surface area (Å²) in [5.74, 6) is -1.83. The first-order valence-electron chi connectivity index (χ1n) is 7.09. The molecule has 0 aliphatic rings. The van der Waals surface area contributed by atoms with Gasteiger partial charge in [-0.2, -0.15) is 0 Å². The van der Waals surface area contributed by atoms with Crippen LogP contribution >= 0.6 is 11.6 Å². The first-order chi connectivity index (χ1) is 11.5. The topological polar surface area (TPSA) is 75.6 Å². The lowest BCUT2D eigenvalue weighted by Crippen LogP contribution is -2.30. The quantitative estimate of drug-likeness (QED) is 0.827. The predicted molar refractivity (Wildman–Crippen MR) is 86.2 cm³/mol. The van der Waals surface area contributed by atoms with Gasteiger partial charge < -0.3 is 15.2 Å². The van der Waals surface area contributed by atoms with Gasteiger partial charge in [0.25, 0.3) is 0 Å². The second-order valence-electron chi connectivity index (χ2n) is 5.03. The number of alkyl carbamates (subject to hydrolysis) is 1. The third kappa shape index (κ3) is 5.24. The highest BCUT2D eigenvalue weighted by Gasteiger charge is 2.20. The Hall–Kier alpha value is -2.60. The van der Waals surface area contributed by atoms with Gasteiger partial charge in [-0.3, -0.25) is 4.79 Å². The summed E-state index contributed by atoms with van der Waals surface area (Å²) in [6, 6.07) is 11.9. The maximum absolute atomic E-state index is 13.6. The fraction of sp³-hybridized carbons (Fsp3) is 0.176. The van der Waals surface area contributed by atoms with Crippen molar-refractivity contribution < 1.29 is 23.8 Å². The number of hydrogen-bond donors (Lipinski definition) is 2. The van der Waals surface area contributed by atoms with E-state index >= 15 is 0 Å². The zero-order valence-corrected chi connectivity index (χ0v) is 13.3. The molecule has 0 unspecified atom stereocenters. The maximum Gasteiger partial charge on any atom is 0.407 e. The van der Waals surface area contributed by atoms with Gasteiger partial charge in [0.2, 0.25) is 0 Å². The molecular weight excluding hydrogens is 337 g/mol. The molecule has 0 aliphatic heterocycles. The third-order valence-electron chi connectivity index (χ3n) is 3.23. The Labute approximate surface area is 143 Å². The Morgan fingerprint density at radius 3 is 2.54 bits per heavy atom. The number of carboxylic acids is 1.